The summed E-state index contributed by atoms with van der Waals surface area (Å²) in [4.78, 5) is 71.1. The second-order valence-corrected chi connectivity index (χ2v) is 13.3. The Morgan fingerprint density at radius 2 is 1.96 bits per heavy atom. The zero-order valence-corrected chi connectivity index (χ0v) is 24.6. The zero-order chi connectivity index (χ0) is 31.8. The van der Waals surface area contributed by atoms with Crippen LogP contribution in [0, 0.1) is 0 Å². The van der Waals surface area contributed by atoms with Gasteiger partial charge in [-0.2, -0.15) is 0 Å². The Bertz CT molecular complexity index is 1840. The molecule has 2 unspecified atom stereocenters. The van der Waals surface area contributed by atoms with Crippen LogP contribution < -0.4 is 31.8 Å². The maximum absolute atomic E-state index is 12.3. The topological polar surface area (TPSA) is 324 Å². The number of nitrogens with zero attached hydrogens (tertiary/aromatic N) is 5. The van der Waals surface area contributed by atoms with Crippen molar-refractivity contribution in [3.05, 3.63) is 40.2 Å². The minimum absolute atomic E-state index is 0.174. The molecule has 1 fully saturated rings. The third-order valence-corrected chi connectivity index (χ3v) is 9.07. The Morgan fingerprint density at radius 1 is 1.16 bits per heavy atom. The number of nitrogen functional groups attached to an aromatic ring is 1. The first-order valence-electron chi connectivity index (χ1n) is 13.1. The summed E-state index contributed by atoms with van der Waals surface area (Å²) in [6.45, 7) is -0.338. The van der Waals surface area contributed by atoms with Gasteiger partial charge in [0.15, 0.2) is 0 Å². The summed E-state index contributed by atoms with van der Waals surface area (Å²) in [6, 6.07) is -0.682. The van der Waals surface area contributed by atoms with Crippen molar-refractivity contribution in [3.63, 3.8) is 0 Å². The van der Waals surface area contributed by atoms with E-state index in [4.69, 9.17) is 38.7 Å². The van der Waals surface area contributed by atoms with E-state index in [0.717, 1.165) is 10.9 Å². The van der Waals surface area contributed by atoms with Gasteiger partial charge in [0.05, 0.1) is 0 Å². The van der Waals surface area contributed by atoms with E-state index in [9.17, 15) is 34.6 Å². The molecule has 24 heteroatoms. The molecule has 244 valence electrons. The Labute approximate surface area is 250 Å². The average Bonchev–Trinajstić information content (AvgIpc) is 3.72. The number of rotatable bonds is 2. The number of fused-ring (bicyclic) bond motifs is 5. The number of nitrogens with one attached hydrogen (secondary N) is 2. The van der Waals surface area contributed by atoms with E-state index >= 15 is 0 Å². The van der Waals surface area contributed by atoms with Crippen LogP contribution in [-0.2, 0) is 24.9 Å². The van der Waals surface area contributed by atoms with Gasteiger partial charge in [-0.3, -0.25) is 0 Å². The van der Waals surface area contributed by atoms with Gasteiger partial charge in [-0.1, -0.05) is 0 Å². The van der Waals surface area contributed by atoms with E-state index in [0.29, 0.717) is 19.2 Å². The number of imidazole rings is 1. The molecule has 3 aromatic heterocycles. The van der Waals surface area contributed by atoms with Crippen molar-refractivity contribution in [1.29, 1.82) is 0 Å². The quantitative estimate of drug-likeness (QED) is 0.127. The summed E-state index contributed by atoms with van der Waals surface area (Å²) in [5, 5.41) is 25.2. The van der Waals surface area contributed by atoms with Crippen LogP contribution in [0.2, 0.25) is 0 Å². The fourth-order valence-electron chi connectivity index (χ4n) is 5.11. The van der Waals surface area contributed by atoms with Gasteiger partial charge in [-0.05, 0) is 0 Å². The molecule has 4 atom stereocenters. The molecule has 0 spiro atoms. The van der Waals surface area contributed by atoms with Crippen LogP contribution in [-0.4, -0.2) is 86.5 Å². The molecule has 4 aliphatic rings. The second-order valence-electron chi connectivity index (χ2n) is 10.2. The normalized spacial score (nSPS) is 29.8. The zero-order valence-electron chi connectivity index (χ0n) is 22.6. The SMILES string of the molecule is Nc1nc2c(ncn2C2=C3O[PH](O)(O)OCc4oc(N5C=NC6C5NCC[C@H]6N)c(O)c4O[PH](O)(O)O/C=C(/O2)[C@H]3O)c(=O)[nH]1. The van der Waals surface area contributed by atoms with E-state index in [-0.39, 0.29) is 29.0 Å². The van der Waals surface area contributed by atoms with E-state index < -0.39 is 81.5 Å². The first kappa shape index (κ1) is 29.6. The van der Waals surface area contributed by atoms with Crippen LogP contribution in [0.5, 0.6) is 11.5 Å². The van der Waals surface area contributed by atoms with Gasteiger partial charge in [-0.25, -0.2) is 0 Å². The second kappa shape index (κ2) is 10.5. The van der Waals surface area contributed by atoms with Crippen LogP contribution >= 0.6 is 16.3 Å². The summed E-state index contributed by atoms with van der Waals surface area (Å²) in [6.07, 6.45) is 1.14. The van der Waals surface area contributed by atoms with Crippen LogP contribution in [0.25, 0.3) is 17.0 Å². The van der Waals surface area contributed by atoms with Crippen LogP contribution in [0.4, 0.5) is 11.8 Å². The van der Waals surface area contributed by atoms with Gasteiger partial charge in [-0.15, -0.1) is 0 Å². The average molecular weight is 675 g/mol. The van der Waals surface area contributed by atoms with Gasteiger partial charge >= 0.3 is 250 Å². The molecule has 3 aromatic rings. The number of aromatic nitrogens is 4. The number of piperidine rings is 1. The van der Waals surface area contributed by atoms with Gasteiger partial charge in [0.2, 0.25) is 0 Å². The van der Waals surface area contributed by atoms with Crippen molar-refractivity contribution < 1.29 is 57.0 Å². The number of hydrogen-bond acceptors (Lipinski definition) is 20. The molecule has 0 aliphatic carbocycles. The van der Waals surface area contributed by atoms with Crippen molar-refractivity contribution in [2.45, 2.75) is 37.4 Å². The fourth-order valence-corrected chi connectivity index (χ4v) is 6.77. The van der Waals surface area contributed by atoms with Gasteiger partial charge in [0.25, 0.3) is 0 Å². The van der Waals surface area contributed by atoms with Crippen LogP contribution in [0.15, 0.2) is 38.3 Å². The number of aliphatic imine (C=N–C) groups is 1. The van der Waals surface area contributed by atoms with Gasteiger partial charge in [0.1, 0.15) is 0 Å². The molecule has 0 saturated carbocycles. The summed E-state index contributed by atoms with van der Waals surface area (Å²) >= 11 is 0. The molecule has 4 aliphatic heterocycles. The summed E-state index contributed by atoms with van der Waals surface area (Å²) in [7, 11) is -10.6. The number of H-pyrrole nitrogens is 1. The molecule has 1 saturated heterocycles. The number of anilines is 2. The van der Waals surface area contributed by atoms with Crippen molar-refractivity contribution in [3.8, 4) is 11.5 Å². The predicted molar refractivity (Wildman–Crippen MR) is 154 cm³/mol. The first-order valence-corrected chi connectivity index (χ1v) is 16.5. The van der Waals surface area contributed by atoms with Gasteiger partial charge < -0.3 is 0 Å². The summed E-state index contributed by atoms with van der Waals surface area (Å²) in [5.41, 5.74) is 10.7. The third-order valence-electron chi connectivity index (χ3n) is 7.17. The van der Waals surface area contributed by atoms with E-state index in [1.165, 1.54) is 11.2 Å². The third kappa shape index (κ3) is 5.12. The van der Waals surface area contributed by atoms with E-state index in [1.807, 2.05) is 0 Å². The molecule has 0 amide bonds. The first-order chi connectivity index (χ1) is 21.3. The number of furan rings is 1. The number of aromatic amines is 1. The molecule has 45 heavy (non-hydrogen) atoms. The maximum atomic E-state index is 12.3. The fraction of sp³-hybridized carbons (Fsp3) is 0.333. The predicted octanol–water partition coefficient (Wildman–Crippen LogP) is -2.35. The van der Waals surface area contributed by atoms with Crippen LogP contribution in [0.1, 0.15) is 12.2 Å². The molecule has 12 N–H and O–H groups in total. The van der Waals surface area contributed by atoms with E-state index in [1.54, 1.807) is 0 Å². The number of hydrogen-bond donors (Lipinski definition) is 10. The van der Waals surface area contributed by atoms with Crippen molar-refractivity contribution >= 4 is 51.6 Å². The Morgan fingerprint density at radius 3 is 2.76 bits per heavy atom. The molecule has 7 heterocycles. The number of aliphatic hydroxyl groups is 1. The summed E-state index contributed by atoms with van der Waals surface area (Å²) in [5.74, 6) is -4.11. The Balaban J connectivity index is 1.27. The molecule has 7 rings (SSSR count). The molecular weight excluding hydrogens is 648 g/mol. The molecule has 0 aromatic carbocycles. The number of nitrogens with two attached hydrogens (primary N) is 2. The molecule has 2 bridgehead atoms. The monoisotopic (exact) mass is 675 g/mol. The van der Waals surface area contributed by atoms with Gasteiger partial charge in [0, 0.05) is 0 Å². The number of aliphatic hydroxyl groups excluding tert-OH is 1. The molecular formula is C21H27N9O13P2. The minimum atomic E-state index is -5.30. The standard InChI is InChI=1S/C21H27N9O13P2/c22-7-1-2-24-16-10(7)25-5-29(16)19-13(32)14-9(41-19)4-39-45(36,37)43-15-12(31)8(3-38-44(34,35)42-14)40-20(15)30-6-26-11-17(30)27-21(23)28-18(11)33/h3,5-7,10,12,16,24,31-32,34-37,44-45H,1-2,4,22H2,(H3,23,27,28,33)/b8-3+/t7-,10?,12-,16?/m1/s1. The summed E-state index contributed by atoms with van der Waals surface area (Å²) < 4.78 is 33.1. The van der Waals surface area contributed by atoms with Crippen molar-refractivity contribution in [1.82, 2.24) is 24.8 Å². The molecule has 22 nitrogen and oxygen atoms in total. The van der Waals surface area contributed by atoms with Crippen molar-refractivity contribution in [2.24, 2.45) is 10.7 Å². The Kier molecular flexibility index (Phi) is 6.91. The van der Waals surface area contributed by atoms with Crippen molar-refractivity contribution in [2.75, 3.05) is 17.2 Å². The van der Waals surface area contributed by atoms with Crippen LogP contribution in [0.3, 0.4) is 0 Å². The molecule has 0 radical (unpaired) electrons. The number of aromatic hydroxyl groups is 1. The number of ether oxygens (including phenoxy) is 1. The Hall–Kier alpha value is -4.08. The van der Waals surface area contributed by atoms with E-state index in [2.05, 4.69) is 25.3 Å².